The van der Waals surface area contributed by atoms with Gasteiger partial charge in [0.15, 0.2) is 0 Å². The van der Waals surface area contributed by atoms with Crippen LogP contribution in [-0.2, 0) is 11.2 Å². The van der Waals surface area contributed by atoms with Gasteiger partial charge in [-0.05, 0) is 42.0 Å². The predicted octanol–water partition coefficient (Wildman–Crippen LogP) is 2.92. The molecular formula is C15H12N2O2S. The van der Waals surface area contributed by atoms with Crippen molar-refractivity contribution in [3.05, 3.63) is 53.6 Å². The van der Waals surface area contributed by atoms with Gasteiger partial charge in [0.1, 0.15) is 0 Å². The maximum atomic E-state index is 10.7. The second-order valence-electron chi connectivity index (χ2n) is 4.17. The molecule has 5 heteroatoms. The third-order valence-electron chi connectivity index (χ3n) is 2.68. The van der Waals surface area contributed by atoms with Crippen molar-refractivity contribution < 1.29 is 9.90 Å². The number of anilines is 1. The lowest BCUT2D eigenvalue weighted by Gasteiger charge is -2.06. The van der Waals surface area contributed by atoms with Gasteiger partial charge >= 0.3 is 5.97 Å². The molecule has 100 valence electrons. The fourth-order valence-corrected chi connectivity index (χ4v) is 2.56. The summed E-state index contributed by atoms with van der Waals surface area (Å²) in [5.41, 5.74) is 7.56. The molecule has 0 heterocycles. The van der Waals surface area contributed by atoms with E-state index in [2.05, 4.69) is 6.07 Å². The minimum absolute atomic E-state index is 0.0757. The Morgan fingerprint density at radius 1 is 1.20 bits per heavy atom. The van der Waals surface area contributed by atoms with E-state index in [0.717, 1.165) is 9.79 Å². The molecule has 0 aliphatic heterocycles. The van der Waals surface area contributed by atoms with Gasteiger partial charge in [-0.1, -0.05) is 17.8 Å². The molecule has 4 nitrogen and oxygen atoms in total. The van der Waals surface area contributed by atoms with Gasteiger partial charge in [-0.2, -0.15) is 5.26 Å². The Morgan fingerprint density at radius 3 is 2.40 bits per heavy atom. The third-order valence-corrected chi connectivity index (χ3v) is 3.68. The highest BCUT2D eigenvalue weighted by atomic mass is 32.2. The van der Waals surface area contributed by atoms with Crippen LogP contribution in [0.2, 0.25) is 0 Å². The fraction of sp³-hybridized carbons (Fsp3) is 0.0667. The lowest BCUT2D eigenvalue weighted by molar-refractivity contribution is -0.136. The largest absolute Gasteiger partial charge is 0.481 e. The molecule has 0 bridgehead atoms. The number of benzene rings is 2. The van der Waals surface area contributed by atoms with Crippen molar-refractivity contribution in [3.63, 3.8) is 0 Å². The summed E-state index contributed by atoms with van der Waals surface area (Å²) in [6, 6.07) is 14.6. The van der Waals surface area contributed by atoms with Crippen LogP contribution in [0.1, 0.15) is 11.1 Å². The second-order valence-corrected chi connectivity index (χ2v) is 5.32. The van der Waals surface area contributed by atoms with Gasteiger partial charge in [-0.15, -0.1) is 0 Å². The topological polar surface area (TPSA) is 87.1 Å². The number of nitrogen functional groups attached to an aromatic ring is 1. The molecule has 2 rings (SSSR count). The average Bonchev–Trinajstić information content (AvgIpc) is 2.42. The SMILES string of the molecule is N#Cc1ccc(Sc2ccc(CC(=O)O)c(N)c2)cc1. The summed E-state index contributed by atoms with van der Waals surface area (Å²) in [5.74, 6) is -0.899. The highest BCUT2D eigenvalue weighted by Gasteiger charge is 2.06. The lowest BCUT2D eigenvalue weighted by Crippen LogP contribution is -2.03. The van der Waals surface area contributed by atoms with E-state index in [1.807, 2.05) is 18.2 Å². The number of carbonyl (C=O) groups is 1. The molecule has 0 atom stereocenters. The van der Waals surface area contributed by atoms with Gasteiger partial charge in [-0.25, -0.2) is 0 Å². The molecule has 0 aliphatic rings. The molecule has 0 saturated heterocycles. The van der Waals surface area contributed by atoms with E-state index < -0.39 is 5.97 Å². The van der Waals surface area contributed by atoms with Gasteiger partial charge < -0.3 is 10.8 Å². The zero-order chi connectivity index (χ0) is 14.5. The van der Waals surface area contributed by atoms with E-state index in [1.54, 1.807) is 24.3 Å². The molecule has 0 unspecified atom stereocenters. The first-order valence-corrected chi connectivity index (χ1v) is 6.68. The molecule has 0 aromatic heterocycles. The van der Waals surface area contributed by atoms with E-state index in [-0.39, 0.29) is 6.42 Å². The van der Waals surface area contributed by atoms with E-state index in [0.29, 0.717) is 16.8 Å². The summed E-state index contributed by atoms with van der Waals surface area (Å²) in [7, 11) is 0. The molecule has 0 saturated carbocycles. The number of rotatable bonds is 4. The van der Waals surface area contributed by atoms with Crippen molar-refractivity contribution in [1.82, 2.24) is 0 Å². The standard InChI is InChI=1S/C15H12N2O2S/c16-9-10-1-4-12(5-2-10)20-13-6-3-11(7-15(18)19)14(17)8-13/h1-6,8H,7,17H2,(H,18,19). The summed E-state index contributed by atoms with van der Waals surface area (Å²) in [5, 5.41) is 17.5. The van der Waals surface area contributed by atoms with Gasteiger partial charge in [-0.3, -0.25) is 4.79 Å². The Kier molecular flexibility index (Phi) is 4.28. The molecule has 0 spiro atoms. The summed E-state index contributed by atoms with van der Waals surface area (Å²) >= 11 is 1.51. The van der Waals surface area contributed by atoms with E-state index >= 15 is 0 Å². The number of nitrogens with two attached hydrogens (primary N) is 1. The Balaban J connectivity index is 2.15. The summed E-state index contributed by atoms with van der Waals surface area (Å²) < 4.78 is 0. The van der Waals surface area contributed by atoms with E-state index in [4.69, 9.17) is 16.1 Å². The van der Waals surface area contributed by atoms with Crippen LogP contribution in [-0.4, -0.2) is 11.1 Å². The van der Waals surface area contributed by atoms with Crippen molar-refractivity contribution >= 4 is 23.4 Å². The number of carboxylic acid groups (broad SMARTS) is 1. The van der Waals surface area contributed by atoms with Gasteiger partial charge in [0.05, 0.1) is 18.1 Å². The smallest absolute Gasteiger partial charge is 0.307 e. The Morgan fingerprint density at radius 2 is 1.85 bits per heavy atom. The minimum Gasteiger partial charge on any atom is -0.481 e. The molecule has 20 heavy (non-hydrogen) atoms. The van der Waals surface area contributed by atoms with Crippen molar-refractivity contribution in [3.8, 4) is 6.07 Å². The van der Waals surface area contributed by atoms with Crippen LogP contribution in [0.15, 0.2) is 52.3 Å². The molecule has 0 radical (unpaired) electrons. The van der Waals surface area contributed by atoms with Crippen LogP contribution in [0, 0.1) is 11.3 Å². The Labute approximate surface area is 120 Å². The molecule has 2 aromatic carbocycles. The number of nitriles is 1. The van der Waals surface area contributed by atoms with Crippen LogP contribution in [0.25, 0.3) is 0 Å². The minimum atomic E-state index is -0.899. The van der Waals surface area contributed by atoms with E-state index in [9.17, 15) is 4.79 Å². The first-order chi connectivity index (χ1) is 9.58. The first kappa shape index (κ1) is 14.0. The van der Waals surface area contributed by atoms with Gasteiger partial charge in [0.2, 0.25) is 0 Å². The number of hydrogen-bond donors (Lipinski definition) is 2. The number of carboxylic acids is 1. The number of hydrogen-bond acceptors (Lipinski definition) is 4. The van der Waals surface area contributed by atoms with Crippen molar-refractivity contribution in [2.75, 3.05) is 5.73 Å². The first-order valence-electron chi connectivity index (χ1n) is 5.86. The lowest BCUT2D eigenvalue weighted by atomic mass is 10.1. The van der Waals surface area contributed by atoms with Crippen LogP contribution in [0.4, 0.5) is 5.69 Å². The maximum absolute atomic E-state index is 10.7. The van der Waals surface area contributed by atoms with Crippen molar-refractivity contribution in [2.45, 2.75) is 16.2 Å². The number of nitrogens with zero attached hydrogens (tertiary/aromatic N) is 1. The molecule has 3 N–H and O–H groups in total. The monoisotopic (exact) mass is 284 g/mol. The zero-order valence-electron chi connectivity index (χ0n) is 10.5. The third kappa shape index (κ3) is 3.53. The summed E-state index contributed by atoms with van der Waals surface area (Å²) in [4.78, 5) is 12.6. The molecule has 0 amide bonds. The molecular weight excluding hydrogens is 272 g/mol. The van der Waals surface area contributed by atoms with Crippen LogP contribution < -0.4 is 5.73 Å². The Hall–Kier alpha value is -2.45. The van der Waals surface area contributed by atoms with Crippen LogP contribution in [0.5, 0.6) is 0 Å². The molecule has 0 aliphatic carbocycles. The van der Waals surface area contributed by atoms with Crippen molar-refractivity contribution in [1.29, 1.82) is 5.26 Å². The quantitative estimate of drug-likeness (QED) is 0.843. The summed E-state index contributed by atoms with van der Waals surface area (Å²) in [6.07, 6.45) is -0.0757. The average molecular weight is 284 g/mol. The van der Waals surface area contributed by atoms with Crippen molar-refractivity contribution in [2.24, 2.45) is 0 Å². The second kappa shape index (κ2) is 6.13. The Bertz CT molecular complexity index is 675. The molecule has 2 aromatic rings. The highest BCUT2D eigenvalue weighted by molar-refractivity contribution is 7.99. The number of aliphatic carboxylic acids is 1. The fourth-order valence-electron chi connectivity index (χ4n) is 1.69. The normalized spacial score (nSPS) is 9.95. The predicted molar refractivity (Wildman–Crippen MR) is 77.5 cm³/mol. The van der Waals surface area contributed by atoms with E-state index in [1.165, 1.54) is 11.8 Å². The van der Waals surface area contributed by atoms with Gasteiger partial charge in [0.25, 0.3) is 0 Å². The highest BCUT2D eigenvalue weighted by Crippen LogP contribution is 2.30. The van der Waals surface area contributed by atoms with Crippen LogP contribution in [0.3, 0.4) is 0 Å². The van der Waals surface area contributed by atoms with Gasteiger partial charge in [0, 0.05) is 15.5 Å². The van der Waals surface area contributed by atoms with Crippen LogP contribution >= 0.6 is 11.8 Å². The zero-order valence-corrected chi connectivity index (χ0v) is 11.4. The summed E-state index contributed by atoms with van der Waals surface area (Å²) in [6.45, 7) is 0. The maximum Gasteiger partial charge on any atom is 0.307 e. The molecule has 0 fully saturated rings.